The molecule has 0 aromatic carbocycles. The van der Waals surface area contributed by atoms with Crippen molar-refractivity contribution in [3.8, 4) is 0 Å². The van der Waals surface area contributed by atoms with Crippen molar-refractivity contribution >= 4 is 28.4 Å². The minimum atomic E-state index is -3.81. The van der Waals surface area contributed by atoms with E-state index in [2.05, 4.69) is 4.72 Å². The van der Waals surface area contributed by atoms with E-state index in [0.29, 0.717) is 6.54 Å². The lowest BCUT2D eigenvalue weighted by atomic mass is 9.85. The molecule has 2 rings (SSSR count). The third-order valence-corrected chi connectivity index (χ3v) is 5.20. The summed E-state index contributed by atoms with van der Waals surface area (Å²) in [6.45, 7) is 2.30. The smallest absolute Gasteiger partial charge is 0.374 e. The zero-order chi connectivity index (χ0) is 16.2. The molecule has 0 aliphatic heterocycles. The van der Waals surface area contributed by atoms with Gasteiger partial charge in [-0.3, -0.25) is 0 Å². The van der Waals surface area contributed by atoms with Gasteiger partial charge in [-0.2, -0.15) is 0 Å². The van der Waals surface area contributed by atoms with Crippen LogP contribution < -0.4 is 10.5 Å². The molecule has 1 aromatic heterocycles. The lowest BCUT2D eigenvalue weighted by molar-refractivity contribution is 0.0484. The zero-order valence-corrected chi connectivity index (χ0v) is 14.6. The molecule has 1 aliphatic carbocycles. The summed E-state index contributed by atoms with van der Waals surface area (Å²) in [6, 6.07) is 2.36. The number of nitrogens with two attached hydrogens (primary N) is 1. The molecule has 2 unspecified atom stereocenters. The predicted molar refractivity (Wildman–Crippen MR) is 87.0 cm³/mol. The fourth-order valence-corrected chi connectivity index (χ4v) is 3.95. The van der Waals surface area contributed by atoms with Gasteiger partial charge >= 0.3 is 5.97 Å². The Bertz CT molecular complexity index is 616. The van der Waals surface area contributed by atoms with Crippen molar-refractivity contribution in [3.63, 3.8) is 0 Å². The Morgan fingerprint density at radius 2 is 2.09 bits per heavy atom. The van der Waals surface area contributed by atoms with E-state index in [4.69, 9.17) is 14.9 Å². The third-order valence-electron chi connectivity index (χ3n) is 3.84. The first-order chi connectivity index (χ1) is 10.5. The van der Waals surface area contributed by atoms with Crippen LogP contribution in [-0.4, -0.2) is 33.6 Å². The van der Waals surface area contributed by atoms with Gasteiger partial charge in [-0.1, -0.05) is 12.8 Å². The second-order valence-corrected chi connectivity index (χ2v) is 6.99. The van der Waals surface area contributed by atoms with Gasteiger partial charge in [0.25, 0.3) is 10.0 Å². The number of esters is 1. The second-order valence-electron chi connectivity index (χ2n) is 5.35. The van der Waals surface area contributed by atoms with Crippen LogP contribution in [0.25, 0.3) is 0 Å². The molecule has 1 heterocycles. The van der Waals surface area contributed by atoms with Crippen molar-refractivity contribution in [1.82, 2.24) is 4.72 Å². The van der Waals surface area contributed by atoms with Gasteiger partial charge in [0.15, 0.2) is 0 Å². The molecule has 0 saturated heterocycles. The maximum Gasteiger partial charge on any atom is 0.374 e. The van der Waals surface area contributed by atoms with Gasteiger partial charge in [0.05, 0.1) is 6.61 Å². The normalized spacial score (nSPS) is 21.5. The molecule has 23 heavy (non-hydrogen) atoms. The highest BCUT2D eigenvalue weighted by atomic mass is 35.5. The number of rotatable bonds is 6. The van der Waals surface area contributed by atoms with E-state index < -0.39 is 16.0 Å². The van der Waals surface area contributed by atoms with Crippen molar-refractivity contribution in [2.75, 3.05) is 13.2 Å². The van der Waals surface area contributed by atoms with Crippen LogP contribution in [0.1, 0.15) is 43.2 Å². The average Bonchev–Trinajstić information content (AvgIpc) is 2.98. The molecule has 0 spiro atoms. The van der Waals surface area contributed by atoms with Gasteiger partial charge in [0.2, 0.25) is 10.9 Å². The largest absolute Gasteiger partial charge is 0.460 e. The topological polar surface area (TPSA) is 112 Å². The number of furan rings is 1. The van der Waals surface area contributed by atoms with Crippen molar-refractivity contribution in [2.24, 2.45) is 11.7 Å². The maximum absolute atomic E-state index is 12.4. The predicted octanol–water partition coefficient (Wildman–Crippen LogP) is 1.67. The molecule has 9 heteroatoms. The quantitative estimate of drug-likeness (QED) is 0.741. The number of carbonyl (C=O) groups is 1. The number of sulfonamides is 1. The van der Waals surface area contributed by atoms with Crippen LogP contribution in [0, 0.1) is 5.92 Å². The van der Waals surface area contributed by atoms with Gasteiger partial charge < -0.3 is 14.9 Å². The van der Waals surface area contributed by atoms with Gasteiger partial charge in [-0.25, -0.2) is 17.9 Å². The molecule has 1 aromatic rings. The van der Waals surface area contributed by atoms with E-state index in [-0.39, 0.29) is 41.8 Å². The van der Waals surface area contributed by atoms with E-state index in [1.165, 1.54) is 12.1 Å². The number of ether oxygens (including phenoxy) is 1. The molecule has 3 N–H and O–H groups in total. The lowest BCUT2D eigenvalue weighted by Crippen LogP contribution is -2.44. The SMILES string of the molecule is CCOC(=O)c1ccc(S(=O)(=O)NC2CCCCC2CN)o1.Cl. The maximum atomic E-state index is 12.4. The molecule has 1 saturated carbocycles. The van der Waals surface area contributed by atoms with Crippen LogP contribution in [-0.2, 0) is 14.8 Å². The summed E-state index contributed by atoms with van der Waals surface area (Å²) in [5.74, 6) is -0.675. The molecule has 7 nitrogen and oxygen atoms in total. The van der Waals surface area contributed by atoms with Gasteiger partial charge in [-0.15, -0.1) is 12.4 Å². The highest BCUT2D eigenvalue weighted by molar-refractivity contribution is 7.89. The van der Waals surface area contributed by atoms with Gasteiger partial charge in [0, 0.05) is 6.04 Å². The molecular formula is C14H23ClN2O5S. The fraction of sp³-hybridized carbons (Fsp3) is 0.643. The number of carbonyl (C=O) groups excluding carboxylic acids is 1. The summed E-state index contributed by atoms with van der Waals surface area (Å²) in [5.41, 5.74) is 5.71. The van der Waals surface area contributed by atoms with E-state index in [9.17, 15) is 13.2 Å². The van der Waals surface area contributed by atoms with Crippen LogP contribution in [0.4, 0.5) is 0 Å². The summed E-state index contributed by atoms with van der Waals surface area (Å²) >= 11 is 0. The molecule has 2 atom stereocenters. The van der Waals surface area contributed by atoms with Crippen LogP contribution in [0.2, 0.25) is 0 Å². The first-order valence-electron chi connectivity index (χ1n) is 7.47. The Labute approximate surface area is 142 Å². The molecular weight excluding hydrogens is 344 g/mol. The molecule has 1 aliphatic rings. The minimum absolute atomic E-state index is 0. The lowest BCUT2D eigenvalue weighted by Gasteiger charge is -2.30. The number of hydrogen-bond donors (Lipinski definition) is 2. The van der Waals surface area contributed by atoms with Crippen molar-refractivity contribution < 1.29 is 22.4 Å². The summed E-state index contributed by atoms with van der Waals surface area (Å²) in [7, 11) is -3.81. The first kappa shape index (κ1) is 20.0. The Kier molecular flexibility index (Phi) is 7.53. The molecule has 0 radical (unpaired) electrons. The number of hydrogen-bond acceptors (Lipinski definition) is 6. The zero-order valence-electron chi connectivity index (χ0n) is 13.0. The number of nitrogens with one attached hydrogen (secondary N) is 1. The molecule has 1 fully saturated rings. The fourth-order valence-electron chi connectivity index (χ4n) is 2.68. The van der Waals surface area contributed by atoms with E-state index in [0.717, 1.165) is 25.7 Å². The Balaban J connectivity index is 0.00000264. The summed E-state index contributed by atoms with van der Waals surface area (Å²) in [5, 5.41) is -0.281. The summed E-state index contributed by atoms with van der Waals surface area (Å²) < 4.78 is 37.2. The number of halogens is 1. The van der Waals surface area contributed by atoms with Crippen LogP contribution >= 0.6 is 12.4 Å². The third kappa shape index (κ3) is 4.94. The second kappa shape index (κ2) is 8.68. The molecule has 132 valence electrons. The molecule has 0 amide bonds. The monoisotopic (exact) mass is 366 g/mol. The summed E-state index contributed by atoms with van der Waals surface area (Å²) in [4.78, 5) is 11.5. The average molecular weight is 367 g/mol. The minimum Gasteiger partial charge on any atom is -0.460 e. The van der Waals surface area contributed by atoms with Gasteiger partial charge in [-0.05, 0) is 44.4 Å². The molecule has 0 bridgehead atoms. The van der Waals surface area contributed by atoms with Crippen LogP contribution in [0.3, 0.4) is 0 Å². The van der Waals surface area contributed by atoms with Crippen molar-refractivity contribution in [1.29, 1.82) is 0 Å². The Hall–Kier alpha value is -1.09. The van der Waals surface area contributed by atoms with Crippen LogP contribution in [0.15, 0.2) is 21.6 Å². The van der Waals surface area contributed by atoms with Gasteiger partial charge in [0.1, 0.15) is 0 Å². The Morgan fingerprint density at radius 1 is 1.39 bits per heavy atom. The standard InChI is InChI=1S/C14H22N2O5S.ClH/c1-2-20-14(17)12-7-8-13(21-12)22(18,19)16-11-6-4-3-5-10(11)9-15;/h7-8,10-11,16H,2-6,9,15H2,1H3;1H. The van der Waals surface area contributed by atoms with E-state index in [1.54, 1.807) is 6.92 Å². The van der Waals surface area contributed by atoms with Crippen molar-refractivity contribution in [2.45, 2.75) is 43.7 Å². The highest BCUT2D eigenvalue weighted by Gasteiger charge is 2.30. The van der Waals surface area contributed by atoms with E-state index >= 15 is 0 Å². The summed E-state index contributed by atoms with van der Waals surface area (Å²) in [6.07, 6.45) is 3.70. The highest BCUT2D eigenvalue weighted by Crippen LogP contribution is 2.25. The van der Waals surface area contributed by atoms with Crippen LogP contribution in [0.5, 0.6) is 0 Å². The first-order valence-corrected chi connectivity index (χ1v) is 8.95. The van der Waals surface area contributed by atoms with Crippen molar-refractivity contribution in [3.05, 3.63) is 17.9 Å². The van der Waals surface area contributed by atoms with E-state index in [1.807, 2.05) is 0 Å². The Morgan fingerprint density at radius 3 is 2.74 bits per heavy atom.